The Hall–Kier alpha value is -2.57. The molecule has 0 atom stereocenters. The van der Waals surface area contributed by atoms with Gasteiger partial charge in [0, 0.05) is 30.6 Å². The van der Waals surface area contributed by atoms with E-state index in [-0.39, 0.29) is 16.9 Å². The molecule has 0 radical (unpaired) electrons. The largest absolute Gasteiger partial charge is 0.496 e. The van der Waals surface area contributed by atoms with Gasteiger partial charge in [-0.1, -0.05) is 57.2 Å². The van der Waals surface area contributed by atoms with Crippen LogP contribution < -0.4 is 14.8 Å². The topological polar surface area (TPSA) is 54.0 Å². The Bertz CT molecular complexity index is 1030. The summed E-state index contributed by atoms with van der Waals surface area (Å²) < 4.78 is 11.9. The average molecular weight is 538 g/mol. The molecule has 2 aromatic carbocycles. The molecule has 1 N–H and O–H groups in total. The molecule has 1 aliphatic rings. The van der Waals surface area contributed by atoms with Crippen LogP contribution in [0.25, 0.3) is 0 Å². The Morgan fingerprint density at radius 2 is 1.59 bits per heavy atom. The van der Waals surface area contributed by atoms with Crippen LogP contribution in [0.5, 0.6) is 11.5 Å². The maximum Gasteiger partial charge on any atom is 0.225 e. The number of carbonyl (C=O) groups is 1. The summed E-state index contributed by atoms with van der Waals surface area (Å²) in [6.07, 6.45) is 3.43. The first-order valence-corrected chi connectivity index (χ1v) is 14.6. The average Bonchev–Trinajstić information content (AvgIpc) is 2.88. The number of piperidine rings is 1. The van der Waals surface area contributed by atoms with Crippen molar-refractivity contribution in [2.75, 3.05) is 46.4 Å². The summed E-state index contributed by atoms with van der Waals surface area (Å²) in [7, 11) is 1.77. The highest BCUT2D eigenvalue weighted by Gasteiger charge is 2.24. The first-order chi connectivity index (χ1) is 18.5. The fraction of sp³-hybridized carbons (Fsp3) is 0.606. The van der Waals surface area contributed by atoms with Crippen molar-refractivity contribution in [3.05, 3.63) is 59.7 Å². The van der Waals surface area contributed by atoms with Gasteiger partial charge in [-0.3, -0.25) is 9.69 Å². The zero-order valence-corrected chi connectivity index (χ0v) is 25.4. The second kappa shape index (κ2) is 14.2. The predicted molar refractivity (Wildman–Crippen MR) is 161 cm³/mol. The lowest BCUT2D eigenvalue weighted by atomic mass is 9.89. The number of carbonyl (C=O) groups excluding carboxylic acids is 1. The number of likely N-dealkylation sites (tertiary alicyclic amines) is 1. The summed E-state index contributed by atoms with van der Waals surface area (Å²) in [5, 5.41) is 3.13. The van der Waals surface area contributed by atoms with Gasteiger partial charge in [-0.15, -0.1) is 0 Å². The molecule has 0 aliphatic carbocycles. The van der Waals surface area contributed by atoms with Gasteiger partial charge in [-0.05, 0) is 89.8 Å². The lowest BCUT2D eigenvalue weighted by Crippen LogP contribution is -2.41. The van der Waals surface area contributed by atoms with Gasteiger partial charge < -0.3 is 19.7 Å². The van der Waals surface area contributed by atoms with E-state index in [2.05, 4.69) is 72.3 Å². The van der Waals surface area contributed by atoms with Crippen molar-refractivity contribution >= 4 is 5.91 Å². The summed E-state index contributed by atoms with van der Waals surface area (Å²) in [5.41, 5.74) is 1.90. The summed E-state index contributed by atoms with van der Waals surface area (Å²) in [5.74, 6) is 2.62. The zero-order chi connectivity index (χ0) is 28.5. The minimum absolute atomic E-state index is 0.0943. The molecule has 39 heavy (non-hydrogen) atoms. The first-order valence-electron chi connectivity index (χ1n) is 14.6. The van der Waals surface area contributed by atoms with Gasteiger partial charge in [0.2, 0.25) is 5.91 Å². The highest BCUT2D eigenvalue weighted by atomic mass is 16.5. The van der Waals surface area contributed by atoms with E-state index in [1.165, 1.54) is 24.0 Å². The van der Waals surface area contributed by atoms with Gasteiger partial charge >= 0.3 is 0 Å². The molecular weight excluding hydrogens is 486 g/mol. The normalized spacial score (nSPS) is 15.4. The van der Waals surface area contributed by atoms with Crippen LogP contribution >= 0.6 is 0 Å². The molecule has 6 nitrogen and oxygen atoms in total. The lowest BCUT2D eigenvalue weighted by molar-refractivity contribution is -0.128. The monoisotopic (exact) mass is 537 g/mol. The van der Waals surface area contributed by atoms with E-state index in [9.17, 15) is 4.79 Å². The third-order valence-electron chi connectivity index (χ3n) is 7.29. The molecule has 1 fully saturated rings. The number of nitrogens with one attached hydrogen (secondary N) is 1. The molecule has 0 unspecified atom stereocenters. The highest BCUT2D eigenvalue weighted by molar-refractivity contribution is 5.81. The number of hydrogen-bond donors (Lipinski definition) is 1. The minimum Gasteiger partial charge on any atom is -0.496 e. The molecule has 6 heteroatoms. The van der Waals surface area contributed by atoms with Crippen LogP contribution in [0.2, 0.25) is 0 Å². The van der Waals surface area contributed by atoms with Crippen LogP contribution in [0, 0.1) is 5.41 Å². The van der Waals surface area contributed by atoms with Crippen molar-refractivity contribution in [3.63, 3.8) is 0 Å². The van der Waals surface area contributed by atoms with Crippen LogP contribution in [-0.4, -0.2) is 67.7 Å². The Balaban J connectivity index is 1.56. The molecule has 216 valence electrons. The molecule has 1 saturated heterocycles. The number of benzene rings is 2. The van der Waals surface area contributed by atoms with Gasteiger partial charge in [0.25, 0.3) is 0 Å². The van der Waals surface area contributed by atoms with E-state index in [4.69, 9.17) is 9.47 Å². The summed E-state index contributed by atoms with van der Waals surface area (Å²) in [4.78, 5) is 17.5. The molecule has 0 aromatic heterocycles. The quantitative estimate of drug-likeness (QED) is 0.354. The third kappa shape index (κ3) is 10.2. The SMILES string of the molecule is COc1ccccc1C1CCN(CCCN(CCNC(=O)C(C)(C)C)Cc2ccccc2OC(C)(C)C)CC1. The highest BCUT2D eigenvalue weighted by Crippen LogP contribution is 2.34. The van der Waals surface area contributed by atoms with Gasteiger partial charge in [0.15, 0.2) is 0 Å². The maximum atomic E-state index is 12.4. The molecule has 1 aliphatic heterocycles. The predicted octanol–water partition coefficient (Wildman–Crippen LogP) is 6.11. The number of ether oxygens (including phenoxy) is 2. The molecule has 1 heterocycles. The summed E-state index contributed by atoms with van der Waals surface area (Å²) >= 11 is 0. The molecule has 1 amide bonds. The maximum absolute atomic E-state index is 12.4. The van der Waals surface area contributed by atoms with E-state index in [1.807, 2.05) is 32.9 Å². The first kappa shape index (κ1) is 31.0. The van der Waals surface area contributed by atoms with E-state index in [0.29, 0.717) is 12.5 Å². The van der Waals surface area contributed by atoms with Crippen molar-refractivity contribution in [1.29, 1.82) is 0 Å². The van der Waals surface area contributed by atoms with Crippen LogP contribution in [-0.2, 0) is 11.3 Å². The molecule has 3 rings (SSSR count). The summed E-state index contributed by atoms with van der Waals surface area (Å²) in [6, 6.07) is 16.8. The van der Waals surface area contributed by atoms with E-state index in [1.54, 1.807) is 7.11 Å². The van der Waals surface area contributed by atoms with Gasteiger partial charge in [0.05, 0.1) is 7.11 Å². The van der Waals surface area contributed by atoms with Gasteiger partial charge in [-0.2, -0.15) is 0 Å². The van der Waals surface area contributed by atoms with Crippen LogP contribution in [0.1, 0.15) is 77.8 Å². The van der Waals surface area contributed by atoms with E-state index < -0.39 is 0 Å². The van der Waals surface area contributed by atoms with E-state index in [0.717, 1.165) is 57.2 Å². The Morgan fingerprint density at radius 3 is 2.23 bits per heavy atom. The molecule has 0 spiro atoms. The number of rotatable bonds is 12. The smallest absolute Gasteiger partial charge is 0.225 e. The van der Waals surface area contributed by atoms with Crippen molar-refractivity contribution in [2.24, 2.45) is 5.41 Å². The number of para-hydroxylation sites is 2. The van der Waals surface area contributed by atoms with Crippen LogP contribution in [0.3, 0.4) is 0 Å². The number of nitrogens with zero attached hydrogens (tertiary/aromatic N) is 2. The Kier molecular flexibility index (Phi) is 11.3. The van der Waals surface area contributed by atoms with Gasteiger partial charge in [0.1, 0.15) is 17.1 Å². The number of amides is 1. The molecular formula is C33H51N3O3. The van der Waals surface area contributed by atoms with Crippen molar-refractivity contribution in [2.45, 2.75) is 78.9 Å². The second-order valence-electron chi connectivity index (χ2n) is 12.8. The van der Waals surface area contributed by atoms with Crippen LogP contribution in [0.4, 0.5) is 0 Å². The van der Waals surface area contributed by atoms with Gasteiger partial charge in [-0.25, -0.2) is 0 Å². The van der Waals surface area contributed by atoms with Crippen LogP contribution in [0.15, 0.2) is 48.5 Å². The van der Waals surface area contributed by atoms with Crippen molar-refractivity contribution in [3.8, 4) is 11.5 Å². The Morgan fingerprint density at radius 1 is 0.949 bits per heavy atom. The zero-order valence-electron chi connectivity index (χ0n) is 25.4. The van der Waals surface area contributed by atoms with E-state index >= 15 is 0 Å². The fourth-order valence-electron chi connectivity index (χ4n) is 5.16. The second-order valence-corrected chi connectivity index (χ2v) is 12.8. The number of methoxy groups -OCH3 is 1. The Labute approximate surface area is 237 Å². The summed E-state index contributed by atoms with van der Waals surface area (Å²) in [6.45, 7) is 18.7. The molecule has 2 aromatic rings. The fourth-order valence-corrected chi connectivity index (χ4v) is 5.16. The van der Waals surface area contributed by atoms with Crippen molar-refractivity contribution in [1.82, 2.24) is 15.1 Å². The van der Waals surface area contributed by atoms with Crippen molar-refractivity contribution < 1.29 is 14.3 Å². The third-order valence-corrected chi connectivity index (χ3v) is 7.29. The molecule has 0 saturated carbocycles. The standard InChI is InChI=1S/C33H51N3O3/c1-32(2,3)31(37)34-19-24-36(25-27-13-8-10-15-29(27)39-33(4,5)6)21-12-20-35-22-17-26(18-23-35)28-14-9-11-16-30(28)38-7/h8-11,13-16,26H,12,17-25H2,1-7H3,(H,34,37). The molecule has 0 bridgehead atoms. The lowest BCUT2D eigenvalue weighted by Gasteiger charge is -2.33. The minimum atomic E-state index is -0.381. The number of hydrogen-bond acceptors (Lipinski definition) is 5.